The number of ether oxygens (including phenoxy) is 2. The van der Waals surface area contributed by atoms with Gasteiger partial charge in [0.15, 0.2) is 0 Å². The van der Waals surface area contributed by atoms with Gasteiger partial charge >= 0.3 is 0 Å². The Labute approximate surface area is 189 Å². The van der Waals surface area contributed by atoms with Crippen molar-refractivity contribution in [2.24, 2.45) is 5.92 Å². The maximum atomic E-state index is 13.7. The molecule has 0 aromatic heterocycles. The highest BCUT2D eigenvalue weighted by Gasteiger charge is 2.65. The fraction of sp³-hybridized carbons (Fsp3) is 0.391. The molecular formula is C23H24BrN3O4. The molecule has 3 aliphatic heterocycles. The maximum Gasteiger partial charge on any atom is 0.250 e. The van der Waals surface area contributed by atoms with Crippen molar-refractivity contribution >= 4 is 39.1 Å². The smallest absolute Gasteiger partial charge is 0.250 e. The van der Waals surface area contributed by atoms with E-state index in [4.69, 9.17) is 9.47 Å². The summed E-state index contributed by atoms with van der Waals surface area (Å²) in [6.45, 7) is 0.802. The molecule has 2 N–H and O–H groups in total. The second-order valence-electron chi connectivity index (χ2n) is 8.24. The molecule has 2 aromatic rings. The molecule has 8 heteroatoms. The standard InChI is InChI=1S/C23H24BrN3O4/c1-30-15-6-8-20(31-2)19(12-15)25-21(28)17-11-14-4-3-9-27(14)23(17)16-10-13(24)5-7-18(16)26-22(23)29/h5-8,10,12,14,17H,3-4,9,11H2,1-2H3,(H,25,28)(H,26,29)/t14-,17+,23-/m1/s1. The van der Waals surface area contributed by atoms with Gasteiger partial charge in [0.2, 0.25) is 11.8 Å². The zero-order valence-electron chi connectivity index (χ0n) is 17.4. The third-order valence-electron chi connectivity index (χ3n) is 6.81. The Balaban J connectivity index is 1.57. The van der Waals surface area contributed by atoms with Gasteiger partial charge in [0.25, 0.3) is 0 Å². The van der Waals surface area contributed by atoms with E-state index in [2.05, 4.69) is 31.5 Å². The number of hydrogen-bond acceptors (Lipinski definition) is 5. The molecule has 0 unspecified atom stereocenters. The van der Waals surface area contributed by atoms with Crippen molar-refractivity contribution in [3.8, 4) is 11.5 Å². The zero-order valence-corrected chi connectivity index (χ0v) is 19.0. The summed E-state index contributed by atoms with van der Waals surface area (Å²) in [4.78, 5) is 29.4. The number of benzene rings is 2. The first-order chi connectivity index (χ1) is 15.0. The van der Waals surface area contributed by atoms with Crippen LogP contribution in [-0.4, -0.2) is 43.5 Å². The number of carbonyl (C=O) groups is 2. The summed E-state index contributed by atoms with van der Waals surface area (Å²) >= 11 is 3.54. The summed E-state index contributed by atoms with van der Waals surface area (Å²) in [6.07, 6.45) is 2.66. The van der Waals surface area contributed by atoms with Crippen LogP contribution in [0.1, 0.15) is 24.8 Å². The second kappa shape index (κ2) is 7.53. The van der Waals surface area contributed by atoms with Gasteiger partial charge < -0.3 is 20.1 Å². The molecular weight excluding hydrogens is 462 g/mol. The summed E-state index contributed by atoms with van der Waals surface area (Å²) in [6, 6.07) is 11.3. The van der Waals surface area contributed by atoms with E-state index < -0.39 is 11.5 Å². The Morgan fingerprint density at radius 2 is 2.06 bits per heavy atom. The fourth-order valence-electron chi connectivity index (χ4n) is 5.53. The molecule has 7 nitrogen and oxygen atoms in total. The van der Waals surface area contributed by atoms with Crippen LogP contribution in [0.5, 0.6) is 11.5 Å². The molecule has 0 radical (unpaired) electrons. The normalized spacial score (nSPS) is 26.5. The summed E-state index contributed by atoms with van der Waals surface area (Å²) in [5, 5.41) is 6.06. The topological polar surface area (TPSA) is 79.9 Å². The fourth-order valence-corrected chi connectivity index (χ4v) is 5.89. The van der Waals surface area contributed by atoms with E-state index in [0.29, 0.717) is 23.6 Å². The van der Waals surface area contributed by atoms with Crippen molar-refractivity contribution in [1.82, 2.24) is 4.90 Å². The van der Waals surface area contributed by atoms with E-state index in [1.54, 1.807) is 32.4 Å². The van der Waals surface area contributed by atoms with Crippen LogP contribution in [-0.2, 0) is 15.1 Å². The highest BCUT2D eigenvalue weighted by Crippen LogP contribution is 2.56. The molecule has 5 rings (SSSR count). The third kappa shape index (κ3) is 2.96. The summed E-state index contributed by atoms with van der Waals surface area (Å²) in [5.41, 5.74) is 1.17. The lowest BCUT2D eigenvalue weighted by atomic mass is 9.78. The minimum atomic E-state index is -1.00. The highest BCUT2D eigenvalue weighted by atomic mass is 79.9. The van der Waals surface area contributed by atoms with Crippen molar-refractivity contribution in [2.45, 2.75) is 30.8 Å². The van der Waals surface area contributed by atoms with Crippen LogP contribution in [0.15, 0.2) is 40.9 Å². The van der Waals surface area contributed by atoms with Gasteiger partial charge in [-0.15, -0.1) is 0 Å². The van der Waals surface area contributed by atoms with E-state index >= 15 is 0 Å². The van der Waals surface area contributed by atoms with Gasteiger partial charge in [-0.3, -0.25) is 14.5 Å². The van der Waals surface area contributed by atoms with Gasteiger partial charge in [-0.1, -0.05) is 15.9 Å². The number of methoxy groups -OCH3 is 2. The Kier molecular flexibility index (Phi) is 4.94. The number of nitrogens with zero attached hydrogens (tertiary/aromatic N) is 1. The van der Waals surface area contributed by atoms with Gasteiger partial charge in [-0.2, -0.15) is 0 Å². The predicted molar refractivity (Wildman–Crippen MR) is 120 cm³/mol. The molecule has 3 aliphatic rings. The number of rotatable bonds is 4. The molecule has 2 fully saturated rings. The SMILES string of the molecule is COc1ccc(OC)c(NC(=O)[C@@H]2C[C@H]3CCCN3[C@@]23C(=O)Nc2ccc(Br)cc23)c1. The lowest BCUT2D eigenvalue weighted by Gasteiger charge is -2.36. The quantitative estimate of drug-likeness (QED) is 0.689. The maximum absolute atomic E-state index is 13.7. The number of amides is 2. The third-order valence-corrected chi connectivity index (χ3v) is 7.30. The van der Waals surface area contributed by atoms with E-state index in [1.165, 1.54) is 0 Å². The van der Waals surface area contributed by atoms with Crippen LogP contribution in [0, 0.1) is 5.92 Å². The Bertz CT molecular complexity index is 1070. The Morgan fingerprint density at radius 3 is 2.84 bits per heavy atom. The van der Waals surface area contributed by atoms with Crippen LogP contribution < -0.4 is 20.1 Å². The molecule has 2 aromatic carbocycles. The number of halogens is 1. The van der Waals surface area contributed by atoms with E-state index in [-0.39, 0.29) is 17.9 Å². The van der Waals surface area contributed by atoms with E-state index in [0.717, 1.165) is 35.1 Å². The molecule has 162 valence electrons. The zero-order chi connectivity index (χ0) is 21.8. The minimum absolute atomic E-state index is 0.122. The Hall–Kier alpha value is -2.58. The minimum Gasteiger partial charge on any atom is -0.497 e. The molecule has 3 heterocycles. The molecule has 0 aliphatic carbocycles. The summed E-state index contributed by atoms with van der Waals surface area (Å²) in [7, 11) is 3.13. The van der Waals surface area contributed by atoms with Crippen LogP contribution in [0.2, 0.25) is 0 Å². The number of fused-ring (bicyclic) bond motifs is 4. The van der Waals surface area contributed by atoms with Crippen LogP contribution in [0.4, 0.5) is 11.4 Å². The largest absolute Gasteiger partial charge is 0.497 e. The van der Waals surface area contributed by atoms with Crippen molar-refractivity contribution in [3.05, 3.63) is 46.4 Å². The summed E-state index contributed by atoms with van der Waals surface area (Å²) in [5.74, 6) is 0.322. The van der Waals surface area contributed by atoms with E-state index in [1.807, 2.05) is 18.2 Å². The molecule has 1 spiro atoms. The average molecular weight is 486 g/mol. The monoisotopic (exact) mass is 485 g/mol. The lowest BCUT2D eigenvalue weighted by molar-refractivity contribution is -0.135. The second-order valence-corrected chi connectivity index (χ2v) is 9.16. The van der Waals surface area contributed by atoms with Crippen molar-refractivity contribution in [1.29, 1.82) is 0 Å². The van der Waals surface area contributed by atoms with Crippen LogP contribution >= 0.6 is 15.9 Å². The predicted octanol–water partition coefficient (Wildman–Crippen LogP) is 3.74. The Morgan fingerprint density at radius 1 is 1.23 bits per heavy atom. The molecule has 2 saturated heterocycles. The number of hydrogen-bond donors (Lipinski definition) is 2. The van der Waals surface area contributed by atoms with Gasteiger partial charge in [-0.25, -0.2) is 0 Å². The first kappa shape index (κ1) is 20.3. The van der Waals surface area contributed by atoms with Crippen LogP contribution in [0.3, 0.4) is 0 Å². The first-order valence-electron chi connectivity index (χ1n) is 10.4. The molecule has 2 amide bonds. The van der Waals surface area contributed by atoms with Gasteiger partial charge in [0, 0.05) is 27.8 Å². The number of anilines is 2. The lowest BCUT2D eigenvalue weighted by Crippen LogP contribution is -2.53. The van der Waals surface area contributed by atoms with Gasteiger partial charge in [-0.05, 0) is 56.1 Å². The van der Waals surface area contributed by atoms with Gasteiger partial charge in [0.05, 0.1) is 25.8 Å². The number of carbonyl (C=O) groups excluding carboxylic acids is 2. The van der Waals surface area contributed by atoms with Crippen LogP contribution in [0.25, 0.3) is 0 Å². The van der Waals surface area contributed by atoms with E-state index in [9.17, 15) is 9.59 Å². The van der Waals surface area contributed by atoms with Gasteiger partial charge in [0.1, 0.15) is 17.0 Å². The first-order valence-corrected chi connectivity index (χ1v) is 11.2. The molecule has 31 heavy (non-hydrogen) atoms. The van der Waals surface area contributed by atoms with Crippen molar-refractivity contribution < 1.29 is 19.1 Å². The molecule has 0 bridgehead atoms. The molecule has 0 saturated carbocycles. The summed E-state index contributed by atoms with van der Waals surface area (Å²) < 4.78 is 11.6. The average Bonchev–Trinajstić information content (AvgIpc) is 3.42. The molecule has 3 atom stereocenters. The van der Waals surface area contributed by atoms with Crippen molar-refractivity contribution in [2.75, 3.05) is 31.4 Å². The number of nitrogens with one attached hydrogen (secondary N) is 2. The van der Waals surface area contributed by atoms with Crippen molar-refractivity contribution in [3.63, 3.8) is 0 Å². The highest BCUT2D eigenvalue weighted by molar-refractivity contribution is 9.10.